The third-order valence-electron chi connectivity index (χ3n) is 4.22. The maximum Gasteiger partial charge on any atom is 0.271 e. The highest BCUT2D eigenvalue weighted by Crippen LogP contribution is 2.23. The number of phenolic OH excluding ortho intramolecular Hbond substituents is 1. The molecule has 0 aliphatic carbocycles. The number of halogens is 1. The van der Waals surface area contributed by atoms with Crippen molar-refractivity contribution < 1.29 is 18.3 Å². The molecule has 3 rings (SSSR count). The summed E-state index contributed by atoms with van der Waals surface area (Å²) >= 11 is 5.91. The van der Waals surface area contributed by atoms with Crippen LogP contribution in [0.2, 0.25) is 5.02 Å². The number of benzene rings is 2. The summed E-state index contributed by atoms with van der Waals surface area (Å²) in [5, 5.41) is 14.3. The van der Waals surface area contributed by atoms with Crippen molar-refractivity contribution in [1.29, 1.82) is 0 Å². The van der Waals surface area contributed by atoms with Gasteiger partial charge in [0.15, 0.2) is 0 Å². The Balaban J connectivity index is 1.78. The van der Waals surface area contributed by atoms with Crippen molar-refractivity contribution >= 4 is 33.2 Å². The van der Waals surface area contributed by atoms with Gasteiger partial charge in [-0.1, -0.05) is 17.7 Å². The molecule has 0 bridgehead atoms. The van der Waals surface area contributed by atoms with E-state index in [0.717, 1.165) is 6.42 Å². The van der Waals surface area contributed by atoms with Gasteiger partial charge in [0.1, 0.15) is 5.75 Å². The number of sulfonamides is 1. The zero-order valence-electron chi connectivity index (χ0n) is 14.5. The Hall–Kier alpha value is -2.42. The molecule has 0 aromatic heterocycles. The normalized spacial score (nSPS) is 15.3. The van der Waals surface area contributed by atoms with Crippen LogP contribution in [0.5, 0.6) is 5.75 Å². The molecule has 0 saturated carbocycles. The second-order valence-corrected chi connectivity index (χ2v) is 8.46. The lowest BCUT2D eigenvalue weighted by molar-refractivity contribution is 0.0954. The van der Waals surface area contributed by atoms with Crippen molar-refractivity contribution in [1.82, 2.24) is 9.73 Å². The van der Waals surface area contributed by atoms with E-state index in [2.05, 4.69) is 10.5 Å². The number of hydrazone groups is 1. The van der Waals surface area contributed by atoms with Crippen LogP contribution >= 0.6 is 11.6 Å². The molecular formula is C18H18ClN3O4S. The summed E-state index contributed by atoms with van der Waals surface area (Å²) < 4.78 is 26.2. The minimum atomic E-state index is -3.57. The van der Waals surface area contributed by atoms with Crippen LogP contribution in [0.1, 0.15) is 29.3 Å². The Morgan fingerprint density at radius 3 is 2.63 bits per heavy atom. The summed E-state index contributed by atoms with van der Waals surface area (Å²) in [5.74, 6) is -0.575. The first-order valence-electron chi connectivity index (χ1n) is 8.23. The predicted octanol–water partition coefficient (Wildman–Crippen LogP) is 2.59. The zero-order chi connectivity index (χ0) is 19.6. The summed E-state index contributed by atoms with van der Waals surface area (Å²) in [5.41, 5.74) is 3.28. The average molecular weight is 408 g/mol. The molecular weight excluding hydrogens is 390 g/mol. The molecule has 1 fully saturated rings. The van der Waals surface area contributed by atoms with Crippen molar-refractivity contribution in [2.45, 2.75) is 18.2 Å². The standard InChI is InChI=1S/C18H18ClN3O4S/c1-12(16-11-14(19)6-7-17(16)23)20-21-18(24)13-4-2-5-15(10-13)27(25,26)22-8-3-9-22/h2,4-7,10-11,23H,3,8-9H2,1H3,(H,21,24). The van der Waals surface area contributed by atoms with E-state index in [0.29, 0.717) is 29.4 Å². The molecule has 0 spiro atoms. The number of carbonyl (C=O) groups is 1. The minimum absolute atomic E-state index is 0.0162. The first kappa shape index (κ1) is 19.3. The number of amides is 1. The molecule has 142 valence electrons. The highest BCUT2D eigenvalue weighted by Gasteiger charge is 2.29. The number of nitrogens with one attached hydrogen (secondary N) is 1. The van der Waals surface area contributed by atoms with E-state index in [1.807, 2.05) is 0 Å². The van der Waals surface area contributed by atoms with Gasteiger partial charge in [0.2, 0.25) is 10.0 Å². The predicted molar refractivity (Wildman–Crippen MR) is 103 cm³/mol. The monoisotopic (exact) mass is 407 g/mol. The van der Waals surface area contributed by atoms with Crippen LogP contribution in [0, 0.1) is 0 Å². The molecule has 9 heteroatoms. The molecule has 27 heavy (non-hydrogen) atoms. The number of phenols is 1. The van der Waals surface area contributed by atoms with Crippen LogP contribution in [-0.2, 0) is 10.0 Å². The van der Waals surface area contributed by atoms with Gasteiger partial charge in [-0.15, -0.1) is 0 Å². The molecule has 1 aliphatic heterocycles. The first-order valence-corrected chi connectivity index (χ1v) is 10.0. The Labute approximate surface area is 162 Å². The summed E-state index contributed by atoms with van der Waals surface area (Å²) in [6.07, 6.45) is 0.837. The summed E-state index contributed by atoms with van der Waals surface area (Å²) in [6.45, 7) is 2.59. The molecule has 1 saturated heterocycles. The number of nitrogens with zero attached hydrogens (tertiary/aromatic N) is 2. The molecule has 0 radical (unpaired) electrons. The highest BCUT2D eigenvalue weighted by atomic mass is 35.5. The van der Waals surface area contributed by atoms with Crippen molar-refractivity contribution in [3.8, 4) is 5.75 Å². The van der Waals surface area contributed by atoms with Gasteiger partial charge in [0, 0.05) is 29.2 Å². The summed E-state index contributed by atoms with van der Waals surface area (Å²) in [6, 6.07) is 10.3. The smallest absolute Gasteiger partial charge is 0.271 e. The fraction of sp³-hybridized carbons (Fsp3) is 0.222. The van der Waals surface area contributed by atoms with E-state index in [-0.39, 0.29) is 16.2 Å². The van der Waals surface area contributed by atoms with E-state index >= 15 is 0 Å². The van der Waals surface area contributed by atoms with E-state index in [4.69, 9.17) is 11.6 Å². The lowest BCUT2D eigenvalue weighted by atomic mass is 10.1. The van der Waals surface area contributed by atoms with Crippen LogP contribution in [0.3, 0.4) is 0 Å². The number of carbonyl (C=O) groups excluding carboxylic acids is 1. The van der Waals surface area contributed by atoms with Crippen LogP contribution in [0.4, 0.5) is 0 Å². The highest BCUT2D eigenvalue weighted by molar-refractivity contribution is 7.89. The van der Waals surface area contributed by atoms with Gasteiger partial charge in [0.05, 0.1) is 10.6 Å². The number of hydrogen-bond donors (Lipinski definition) is 2. The Bertz CT molecular complexity index is 1020. The topological polar surface area (TPSA) is 99.1 Å². The van der Waals surface area contributed by atoms with Crippen LogP contribution in [0.25, 0.3) is 0 Å². The second kappa shape index (κ2) is 7.67. The maximum absolute atomic E-state index is 12.4. The van der Waals surface area contributed by atoms with Crippen molar-refractivity contribution in [2.75, 3.05) is 13.1 Å². The zero-order valence-corrected chi connectivity index (χ0v) is 16.1. The lowest BCUT2D eigenvalue weighted by Crippen LogP contribution is -2.41. The Morgan fingerprint density at radius 2 is 1.96 bits per heavy atom. The van der Waals surface area contributed by atoms with Gasteiger partial charge in [-0.3, -0.25) is 4.79 Å². The number of hydrogen-bond acceptors (Lipinski definition) is 5. The van der Waals surface area contributed by atoms with Crippen LogP contribution < -0.4 is 5.43 Å². The Morgan fingerprint density at radius 1 is 1.22 bits per heavy atom. The SMILES string of the molecule is CC(=NNC(=O)c1cccc(S(=O)(=O)N2CCC2)c1)c1cc(Cl)ccc1O. The molecule has 0 atom stereocenters. The van der Waals surface area contributed by atoms with E-state index in [9.17, 15) is 18.3 Å². The lowest BCUT2D eigenvalue weighted by Gasteiger charge is -2.29. The average Bonchev–Trinajstić information content (AvgIpc) is 2.59. The quantitative estimate of drug-likeness (QED) is 0.587. The molecule has 2 N–H and O–H groups in total. The number of rotatable bonds is 5. The van der Waals surface area contributed by atoms with Gasteiger partial charge < -0.3 is 5.11 Å². The van der Waals surface area contributed by atoms with Gasteiger partial charge in [-0.05, 0) is 49.7 Å². The minimum Gasteiger partial charge on any atom is -0.507 e. The fourth-order valence-corrected chi connectivity index (χ4v) is 4.27. The molecule has 1 heterocycles. The van der Waals surface area contributed by atoms with Crippen molar-refractivity contribution in [3.05, 3.63) is 58.6 Å². The van der Waals surface area contributed by atoms with Crippen molar-refractivity contribution in [3.63, 3.8) is 0 Å². The largest absolute Gasteiger partial charge is 0.507 e. The summed E-state index contributed by atoms with van der Waals surface area (Å²) in [4.78, 5) is 12.4. The molecule has 0 unspecified atom stereocenters. The van der Waals surface area contributed by atoms with Gasteiger partial charge in [-0.25, -0.2) is 13.8 Å². The number of aromatic hydroxyl groups is 1. The van der Waals surface area contributed by atoms with Crippen LogP contribution in [0.15, 0.2) is 52.5 Å². The molecule has 7 nitrogen and oxygen atoms in total. The molecule has 1 amide bonds. The maximum atomic E-state index is 12.4. The molecule has 1 aliphatic rings. The van der Waals surface area contributed by atoms with Crippen molar-refractivity contribution in [2.24, 2.45) is 5.10 Å². The van der Waals surface area contributed by atoms with Gasteiger partial charge >= 0.3 is 0 Å². The van der Waals surface area contributed by atoms with Gasteiger partial charge in [0.25, 0.3) is 5.91 Å². The van der Waals surface area contributed by atoms with Gasteiger partial charge in [-0.2, -0.15) is 9.41 Å². The van der Waals surface area contributed by atoms with Crippen LogP contribution in [-0.4, -0.2) is 42.5 Å². The van der Waals surface area contributed by atoms with E-state index in [1.54, 1.807) is 6.92 Å². The van der Waals surface area contributed by atoms with E-state index in [1.165, 1.54) is 46.8 Å². The molecule has 2 aromatic rings. The van der Waals surface area contributed by atoms with E-state index < -0.39 is 15.9 Å². The molecule has 2 aromatic carbocycles. The Kier molecular flexibility index (Phi) is 5.50. The third kappa shape index (κ3) is 4.13. The second-order valence-electron chi connectivity index (χ2n) is 6.09. The summed E-state index contributed by atoms with van der Waals surface area (Å²) in [7, 11) is -3.57. The first-order chi connectivity index (χ1) is 12.8. The third-order valence-corrected chi connectivity index (χ3v) is 6.35. The fourth-order valence-electron chi connectivity index (χ4n) is 2.53.